The highest BCUT2D eigenvalue weighted by Gasteiger charge is 2.41. The molecular weight excluding hydrogens is 636 g/mol. The van der Waals surface area contributed by atoms with E-state index in [0.29, 0.717) is 0 Å². The largest absolute Gasteiger partial charge is 0.467 e. The van der Waals surface area contributed by atoms with Crippen molar-refractivity contribution in [1.29, 1.82) is 0 Å². The van der Waals surface area contributed by atoms with Crippen molar-refractivity contribution in [3.05, 3.63) is 0 Å². The SMILES string of the molecule is COC(=O)C(C)(C)NC(=O)C(C)(C)NC(=O)[C@H](CC(C)C)NC(=O)[C@@H](CC(C)C)NC(=O)C(C)(C)NC(=O)C(C)(C)NC(=O)OC(C)(C)C. The van der Waals surface area contributed by atoms with Gasteiger partial charge >= 0.3 is 12.1 Å². The highest BCUT2D eigenvalue weighted by Crippen LogP contribution is 2.15. The number of esters is 1. The third kappa shape index (κ3) is 15.5. The minimum atomic E-state index is -1.52. The zero-order valence-corrected chi connectivity index (χ0v) is 32.4. The molecule has 0 bridgehead atoms. The number of hydrogen-bond acceptors (Lipinski definition) is 9. The van der Waals surface area contributed by atoms with E-state index in [0.717, 1.165) is 0 Å². The summed E-state index contributed by atoms with van der Waals surface area (Å²) in [6.07, 6.45) is -0.385. The molecule has 0 aromatic carbocycles. The van der Waals surface area contributed by atoms with E-state index >= 15 is 0 Å². The molecule has 0 saturated heterocycles. The van der Waals surface area contributed by atoms with Gasteiger partial charge in [-0.25, -0.2) is 9.59 Å². The minimum absolute atomic E-state index is 0.0452. The van der Waals surface area contributed by atoms with Gasteiger partial charge in [0.1, 0.15) is 39.8 Å². The molecule has 0 aliphatic heterocycles. The van der Waals surface area contributed by atoms with E-state index in [2.05, 4.69) is 31.9 Å². The Bertz CT molecular complexity index is 1230. The Balaban J connectivity index is 5.95. The molecule has 15 nitrogen and oxygen atoms in total. The Morgan fingerprint density at radius 3 is 1.31 bits per heavy atom. The lowest BCUT2D eigenvalue weighted by atomic mass is 9.96. The van der Waals surface area contributed by atoms with Gasteiger partial charge in [-0.15, -0.1) is 0 Å². The summed E-state index contributed by atoms with van der Waals surface area (Å²) in [5.74, 6) is -4.03. The number of rotatable bonds is 16. The van der Waals surface area contributed by atoms with E-state index in [-0.39, 0.29) is 24.7 Å². The first-order valence-corrected chi connectivity index (χ1v) is 16.5. The number of carbonyl (C=O) groups excluding carboxylic acids is 7. The van der Waals surface area contributed by atoms with Crippen LogP contribution in [0.4, 0.5) is 4.79 Å². The molecule has 0 heterocycles. The highest BCUT2D eigenvalue weighted by molar-refractivity contribution is 5.99. The zero-order valence-electron chi connectivity index (χ0n) is 32.4. The van der Waals surface area contributed by atoms with Crippen molar-refractivity contribution >= 4 is 41.6 Å². The predicted octanol–water partition coefficient (Wildman–Crippen LogP) is 2.21. The predicted molar refractivity (Wildman–Crippen MR) is 185 cm³/mol. The minimum Gasteiger partial charge on any atom is -0.467 e. The maximum absolute atomic E-state index is 13.7. The van der Waals surface area contributed by atoms with Crippen LogP contribution in [0.5, 0.6) is 0 Å². The molecule has 0 radical (unpaired) electrons. The van der Waals surface area contributed by atoms with Gasteiger partial charge in [0.25, 0.3) is 0 Å². The van der Waals surface area contributed by atoms with Crippen molar-refractivity contribution in [3.63, 3.8) is 0 Å². The molecule has 6 amide bonds. The third-order valence-electron chi connectivity index (χ3n) is 7.17. The van der Waals surface area contributed by atoms with E-state index in [9.17, 15) is 33.6 Å². The molecule has 0 aromatic rings. The second-order valence-electron chi connectivity index (χ2n) is 16.4. The molecule has 0 saturated carbocycles. The van der Waals surface area contributed by atoms with Crippen LogP contribution in [0, 0.1) is 11.8 Å². The van der Waals surface area contributed by atoms with E-state index in [1.165, 1.54) is 62.5 Å². The average molecular weight is 699 g/mol. The number of amides is 6. The molecule has 2 atom stereocenters. The van der Waals surface area contributed by atoms with Crippen molar-refractivity contribution < 1.29 is 43.0 Å². The van der Waals surface area contributed by atoms with E-state index in [1.54, 1.807) is 20.8 Å². The van der Waals surface area contributed by atoms with Crippen LogP contribution in [0.1, 0.15) is 117 Å². The van der Waals surface area contributed by atoms with Crippen LogP contribution in [0.2, 0.25) is 0 Å². The van der Waals surface area contributed by atoms with Gasteiger partial charge in [0.2, 0.25) is 29.5 Å². The van der Waals surface area contributed by atoms with Gasteiger partial charge in [0.05, 0.1) is 7.11 Å². The lowest BCUT2D eigenvalue weighted by molar-refractivity contribution is -0.150. The van der Waals surface area contributed by atoms with Gasteiger partial charge < -0.3 is 41.4 Å². The van der Waals surface area contributed by atoms with Gasteiger partial charge in [-0.05, 0) is 101 Å². The summed E-state index contributed by atoms with van der Waals surface area (Å²) in [6, 6.07) is -2.16. The summed E-state index contributed by atoms with van der Waals surface area (Å²) in [5, 5.41) is 15.8. The monoisotopic (exact) mass is 698 g/mol. The van der Waals surface area contributed by atoms with Crippen LogP contribution in [0.25, 0.3) is 0 Å². The number of ether oxygens (including phenoxy) is 2. The number of nitrogens with one attached hydrogen (secondary N) is 6. The van der Waals surface area contributed by atoms with Gasteiger partial charge in [-0.3, -0.25) is 24.0 Å². The molecule has 0 rings (SSSR count). The Kier molecular flexibility index (Phi) is 15.8. The van der Waals surface area contributed by atoms with Crippen LogP contribution in [-0.2, 0) is 38.2 Å². The summed E-state index contributed by atoms with van der Waals surface area (Å²) < 4.78 is 9.98. The van der Waals surface area contributed by atoms with Crippen molar-refractivity contribution in [3.8, 4) is 0 Å². The lowest BCUT2D eigenvalue weighted by Crippen LogP contribution is -2.65. The molecule has 0 aromatic heterocycles. The molecule has 49 heavy (non-hydrogen) atoms. The first-order chi connectivity index (χ1) is 21.9. The quantitative estimate of drug-likeness (QED) is 0.130. The van der Waals surface area contributed by atoms with E-state index in [4.69, 9.17) is 9.47 Å². The molecule has 0 fully saturated rings. The van der Waals surface area contributed by atoms with E-state index < -0.39 is 81.4 Å². The average Bonchev–Trinajstić information content (AvgIpc) is 2.88. The van der Waals surface area contributed by atoms with Crippen LogP contribution >= 0.6 is 0 Å². The van der Waals surface area contributed by atoms with Crippen molar-refractivity contribution in [2.45, 2.75) is 157 Å². The van der Waals surface area contributed by atoms with Crippen LogP contribution in [0.3, 0.4) is 0 Å². The Hall–Kier alpha value is -3.91. The molecule has 0 unspecified atom stereocenters. The molecule has 15 heteroatoms. The van der Waals surface area contributed by atoms with Crippen molar-refractivity contribution in [2.75, 3.05) is 7.11 Å². The smallest absolute Gasteiger partial charge is 0.408 e. The fourth-order valence-corrected chi connectivity index (χ4v) is 4.33. The Morgan fingerprint density at radius 2 is 0.898 bits per heavy atom. The molecular formula is C34H62N6O9. The number of alkyl carbamates (subject to hydrolysis) is 1. The first-order valence-electron chi connectivity index (χ1n) is 16.5. The lowest BCUT2D eigenvalue weighted by Gasteiger charge is -2.34. The Labute approximate surface area is 291 Å². The summed E-state index contributed by atoms with van der Waals surface area (Å²) in [4.78, 5) is 91.3. The molecule has 0 aliphatic rings. The second kappa shape index (κ2) is 17.1. The van der Waals surface area contributed by atoms with Crippen LogP contribution in [0.15, 0.2) is 0 Å². The first kappa shape index (κ1) is 45.1. The van der Waals surface area contributed by atoms with Crippen molar-refractivity contribution in [2.24, 2.45) is 11.8 Å². The molecule has 6 N–H and O–H groups in total. The highest BCUT2D eigenvalue weighted by atomic mass is 16.6. The maximum atomic E-state index is 13.7. The van der Waals surface area contributed by atoms with Gasteiger partial charge in [-0.1, -0.05) is 27.7 Å². The second-order valence-corrected chi connectivity index (χ2v) is 16.4. The molecule has 0 spiro atoms. The fourth-order valence-electron chi connectivity index (χ4n) is 4.33. The van der Waals surface area contributed by atoms with Crippen molar-refractivity contribution in [1.82, 2.24) is 31.9 Å². The maximum Gasteiger partial charge on any atom is 0.408 e. The zero-order chi connectivity index (χ0) is 38.9. The van der Waals surface area contributed by atoms with Crippen LogP contribution < -0.4 is 31.9 Å². The normalized spacial score (nSPS) is 13.8. The number of methoxy groups -OCH3 is 1. The number of hydrogen-bond donors (Lipinski definition) is 6. The molecule has 282 valence electrons. The summed E-state index contributed by atoms with van der Waals surface area (Å²) in [5.41, 5.74) is -6.61. The number of carbonyl (C=O) groups is 7. The Morgan fingerprint density at radius 1 is 0.510 bits per heavy atom. The summed E-state index contributed by atoms with van der Waals surface area (Å²) in [7, 11) is 1.20. The summed E-state index contributed by atoms with van der Waals surface area (Å²) >= 11 is 0. The van der Waals surface area contributed by atoms with Crippen LogP contribution in [-0.4, -0.2) is 88.5 Å². The van der Waals surface area contributed by atoms with Gasteiger partial charge in [0, 0.05) is 0 Å². The fraction of sp³-hybridized carbons (Fsp3) is 0.794. The van der Waals surface area contributed by atoms with E-state index in [1.807, 2.05) is 27.7 Å². The third-order valence-corrected chi connectivity index (χ3v) is 7.17. The topological polar surface area (TPSA) is 210 Å². The summed E-state index contributed by atoms with van der Waals surface area (Å²) in [6.45, 7) is 24.2. The van der Waals surface area contributed by atoms with Gasteiger partial charge in [0.15, 0.2) is 0 Å². The van der Waals surface area contributed by atoms with Gasteiger partial charge in [-0.2, -0.15) is 0 Å². The standard InChI is InChI=1S/C34H62N6O9/c1-19(2)17-21(36-25(43)31(8,9)38-27(45)33(12,13)40-29(47)49-30(5,6)7)23(41)35-22(18-20(3)4)24(42)37-32(10,11)26(44)39-34(14,15)28(46)48-16/h19-22H,17-18H2,1-16H3,(H,35,41)(H,36,43)(H,37,42)(H,38,45)(H,39,44)(H,40,47)/t21-,22+/m1/s1. The molecule has 0 aliphatic carbocycles.